The van der Waals surface area contributed by atoms with Crippen LogP contribution in [0.15, 0.2) is 54.6 Å². The predicted octanol–water partition coefficient (Wildman–Crippen LogP) is 2.11. The maximum atomic E-state index is 13.1. The number of nitrogens with zero attached hydrogens (tertiary/aromatic N) is 2. The first-order chi connectivity index (χ1) is 15.8. The van der Waals surface area contributed by atoms with Crippen molar-refractivity contribution in [3.63, 3.8) is 0 Å². The summed E-state index contributed by atoms with van der Waals surface area (Å²) in [6.07, 6.45) is 1.26. The van der Waals surface area contributed by atoms with E-state index in [0.717, 1.165) is 0 Å². The third-order valence-corrected chi connectivity index (χ3v) is 6.18. The van der Waals surface area contributed by atoms with Crippen molar-refractivity contribution in [2.75, 3.05) is 13.1 Å². The molecule has 5 amide bonds. The number of hydrogen-bond acceptors (Lipinski definition) is 4. The molecule has 0 bridgehead atoms. The zero-order chi connectivity index (χ0) is 23.6. The molecule has 0 aromatic heterocycles. The Kier molecular flexibility index (Phi) is 6.13. The van der Waals surface area contributed by atoms with E-state index in [1.54, 1.807) is 54.3 Å². The van der Waals surface area contributed by atoms with Gasteiger partial charge in [-0.15, -0.1) is 0 Å². The van der Waals surface area contributed by atoms with Crippen molar-refractivity contribution in [2.24, 2.45) is 5.92 Å². The summed E-state index contributed by atoms with van der Waals surface area (Å²) in [6, 6.07) is 13.8. The van der Waals surface area contributed by atoms with Crippen LogP contribution < -0.4 is 10.7 Å². The molecular weight excluding hydrogens is 427 g/mol. The van der Waals surface area contributed by atoms with Crippen molar-refractivity contribution in [1.82, 2.24) is 20.7 Å². The number of nitrogens with one attached hydrogen (secondary N) is 2. The standard InChI is InChI=1S/C24H25FN4O4/c1-24(18-7-3-2-4-8-18)22(32)29(23(33)26-24)27-21(31)17-6-5-13-28(15-17)20(30)14-16-9-11-19(25)12-10-16/h2-4,7-12,17H,5-6,13-15H2,1H3,(H,26,33)(H,27,31). The summed E-state index contributed by atoms with van der Waals surface area (Å²) in [6.45, 7) is 2.29. The van der Waals surface area contributed by atoms with Crippen molar-refractivity contribution < 1.29 is 23.6 Å². The van der Waals surface area contributed by atoms with Gasteiger partial charge in [0.05, 0.1) is 12.3 Å². The molecule has 9 heteroatoms. The van der Waals surface area contributed by atoms with Crippen LogP contribution in [0.4, 0.5) is 9.18 Å². The molecule has 4 rings (SSSR count). The van der Waals surface area contributed by atoms with Crippen LogP contribution in [0.25, 0.3) is 0 Å². The maximum absolute atomic E-state index is 13.1. The van der Waals surface area contributed by atoms with Crippen molar-refractivity contribution in [1.29, 1.82) is 0 Å². The zero-order valence-corrected chi connectivity index (χ0v) is 18.2. The largest absolute Gasteiger partial charge is 0.344 e. The number of likely N-dealkylation sites (tertiary alicyclic amines) is 1. The highest BCUT2D eigenvalue weighted by Gasteiger charge is 2.50. The molecule has 0 spiro atoms. The van der Waals surface area contributed by atoms with Gasteiger partial charge in [0, 0.05) is 13.1 Å². The van der Waals surface area contributed by atoms with Crippen LogP contribution in [0.2, 0.25) is 0 Å². The molecule has 2 unspecified atom stereocenters. The van der Waals surface area contributed by atoms with E-state index in [9.17, 15) is 23.6 Å². The van der Waals surface area contributed by atoms with Gasteiger partial charge in [-0.25, -0.2) is 9.18 Å². The molecule has 33 heavy (non-hydrogen) atoms. The highest BCUT2D eigenvalue weighted by atomic mass is 19.1. The molecule has 0 radical (unpaired) electrons. The second kappa shape index (κ2) is 9.01. The van der Waals surface area contributed by atoms with Gasteiger partial charge in [0.2, 0.25) is 11.8 Å². The van der Waals surface area contributed by atoms with Crippen LogP contribution in [0, 0.1) is 11.7 Å². The summed E-state index contributed by atoms with van der Waals surface area (Å²) in [5.74, 6) is -2.15. The summed E-state index contributed by atoms with van der Waals surface area (Å²) >= 11 is 0. The van der Waals surface area contributed by atoms with E-state index < -0.39 is 29.3 Å². The summed E-state index contributed by atoms with van der Waals surface area (Å²) in [5, 5.41) is 3.36. The Labute approximate surface area is 190 Å². The van der Waals surface area contributed by atoms with Gasteiger partial charge >= 0.3 is 6.03 Å². The third kappa shape index (κ3) is 4.57. The van der Waals surface area contributed by atoms with Crippen LogP contribution in [-0.4, -0.2) is 46.8 Å². The van der Waals surface area contributed by atoms with E-state index >= 15 is 0 Å². The lowest BCUT2D eigenvalue weighted by molar-refractivity contribution is -0.142. The molecule has 2 aliphatic heterocycles. The van der Waals surface area contributed by atoms with Crippen molar-refractivity contribution >= 4 is 23.8 Å². The lowest BCUT2D eigenvalue weighted by Gasteiger charge is -2.32. The first-order valence-electron chi connectivity index (χ1n) is 10.8. The van der Waals surface area contributed by atoms with E-state index in [2.05, 4.69) is 10.7 Å². The average Bonchev–Trinajstić information content (AvgIpc) is 3.05. The molecule has 2 aromatic rings. The molecular formula is C24H25FN4O4. The number of piperidine rings is 1. The molecule has 8 nitrogen and oxygen atoms in total. The van der Waals surface area contributed by atoms with Crippen LogP contribution >= 0.6 is 0 Å². The highest BCUT2D eigenvalue weighted by molar-refractivity contribution is 6.08. The Bertz CT molecular complexity index is 1080. The smallest absolute Gasteiger partial charge is 0.342 e. The Morgan fingerprint density at radius 3 is 2.52 bits per heavy atom. The van der Waals surface area contributed by atoms with Gasteiger partial charge in [-0.05, 0) is 43.0 Å². The van der Waals surface area contributed by atoms with Gasteiger partial charge in [0.25, 0.3) is 5.91 Å². The van der Waals surface area contributed by atoms with E-state index in [0.29, 0.717) is 35.5 Å². The van der Waals surface area contributed by atoms with Gasteiger partial charge in [-0.1, -0.05) is 42.5 Å². The monoisotopic (exact) mass is 452 g/mol. The number of hydrazine groups is 1. The first kappa shape index (κ1) is 22.4. The number of halogens is 1. The number of carbonyl (C=O) groups is 4. The summed E-state index contributed by atoms with van der Waals surface area (Å²) in [4.78, 5) is 52.6. The minimum absolute atomic E-state index is 0.108. The van der Waals surface area contributed by atoms with Gasteiger partial charge < -0.3 is 10.2 Å². The lowest BCUT2D eigenvalue weighted by atomic mass is 9.92. The Balaban J connectivity index is 1.39. The molecule has 2 heterocycles. The maximum Gasteiger partial charge on any atom is 0.344 e. The fourth-order valence-electron chi connectivity index (χ4n) is 4.22. The van der Waals surface area contributed by atoms with E-state index in [-0.39, 0.29) is 24.7 Å². The zero-order valence-electron chi connectivity index (χ0n) is 18.2. The third-order valence-electron chi connectivity index (χ3n) is 6.18. The minimum Gasteiger partial charge on any atom is -0.342 e. The predicted molar refractivity (Wildman–Crippen MR) is 117 cm³/mol. The molecule has 2 atom stereocenters. The second-order valence-corrected chi connectivity index (χ2v) is 8.52. The Morgan fingerprint density at radius 2 is 1.82 bits per heavy atom. The number of amides is 5. The van der Waals surface area contributed by atoms with E-state index in [1.807, 2.05) is 0 Å². The SMILES string of the molecule is CC1(c2ccccc2)NC(=O)N(NC(=O)C2CCCN(C(=O)Cc3ccc(F)cc3)C2)C1=O. The van der Waals surface area contributed by atoms with Gasteiger partial charge in [-0.2, -0.15) is 5.01 Å². The van der Waals surface area contributed by atoms with Crippen molar-refractivity contribution in [3.8, 4) is 0 Å². The Hall–Kier alpha value is -3.75. The average molecular weight is 452 g/mol. The lowest BCUT2D eigenvalue weighted by Crippen LogP contribution is -2.53. The van der Waals surface area contributed by atoms with Crippen LogP contribution in [0.3, 0.4) is 0 Å². The highest BCUT2D eigenvalue weighted by Crippen LogP contribution is 2.28. The summed E-state index contributed by atoms with van der Waals surface area (Å²) < 4.78 is 13.1. The molecule has 2 aromatic carbocycles. The molecule has 2 fully saturated rings. The van der Waals surface area contributed by atoms with Gasteiger partial charge in [-0.3, -0.25) is 19.8 Å². The van der Waals surface area contributed by atoms with Crippen LogP contribution in [0.1, 0.15) is 30.9 Å². The number of urea groups is 1. The molecule has 172 valence electrons. The topological polar surface area (TPSA) is 98.8 Å². The van der Waals surface area contributed by atoms with Crippen LogP contribution in [-0.2, 0) is 26.3 Å². The first-order valence-corrected chi connectivity index (χ1v) is 10.8. The number of imide groups is 1. The summed E-state index contributed by atoms with van der Waals surface area (Å²) in [5.41, 5.74) is 2.45. The molecule has 2 aliphatic rings. The van der Waals surface area contributed by atoms with Crippen molar-refractivity contribution in [2.45, 2.75) is 31.7 Å². The van der Waals surface area contributed by atoms with E-state index in [4.69, 9.17) is 0 Å². The van der Waals surface area contributed by atoms with Crippen molar-refractivity contribution in [3.05, 3.63) is 71.5 Å². The molecule has 2 saturated heterocycles. The van der Waals surface area contributed by atoms with Gasteiger partial charge in [0.1, 0.15) is 11.4 Å². The fraction of sp³-hybridized carbons (Fsp3) is 0.333. The number of carbonyl (C=O) groups excluding carboxylic acids is 4. The quantitative estimate of drug-likeness (QED) is 0.679. The number of rotatable bonds is 5. The number of benzene rings is 2. The molecule has 2 N–H and O–H groups in total. The van der Waals surface area contributed by atoms with Crippen LogP contribution in [0.5, 0.6) is 0 Å². The van der Waals surface area contributed by atoms with E-state index in [1.165, 1.54) is 12.1 Å². The molecule has 0 aliphatic carbocycles. The second-order valence-electron chi connectivity index (χ2n) is 8.52. The molecule has 0 saturated carbocycles. The Morgan fingerprint density at radius 1 is 1.12 bits per heavy atom. The summed E-state index contributed by atoms with van der Waals surface area (Å²) in [7, 11) is 0. The number of hydrogen-bond donors (Lipinski definition) is 2. The minimum atomic E-state index is -1.28. The fourth-order valence-corrected chi connectivity index (χ4v) is 4.22. The van der Waals surface area contributed by atoms with Gasteiger partial charge in [0.15, 0.2) is 0 Å². The normalized spacial score (nSPS) is 22.8.